The van der Waals surface area contributed by atoms with E-state index in [1.807, 2.05) is 6.07 Å². The molecule has 0 bridgehead atoms. The van der Waals surface area contributed by atoms with Crippen LogP contribution in [0.3, 0.4) is 0 Å². The van der Waals surface area contributed by atoms with Crippen molar-refractivity contribution in [3.05, 3.63) is 57.3 Å². The van der Waals surface area contributed by atoms with Crippen molar-refractivity contribution in [3.8, 4) is 17.2 Å². The summed E-state index contributed by atoms with van der Waals surface area (Å²) in [4.78, 5) is 14.2. The average Bonchev–Trinajstić information content (AvgIpc) is 2.26. The van der Waals surface area contributed by atoms with E-state index >= 15 is 0 Å². The lowest BCUT2D eigenvalue weighted by Crippen LogP contribution is -2.12. The molecule has 90 valence electrons. The summed E-state index contributed by atoms with van der Waals surface area (Å²) in [5.74, 6) is -0.383. The summed E-state index contributed by atoms with van der Waals surface area (Å²) in [5, 5.41) is 9.03. The first kappa shape index (κ1) is 12.1. The van der Waals surface area contributed by atoms with E-state index in [0.717, 1.165) is 5.56 Å². The third-order valence-corrected chi connectivity index (χ3v) is 2.63. The number of aromatic nitrogens is 1. The van der Waals surface area contributed by atoms with Gasteiger partial charge in [0.15, 0.2) is 0 Å². The molecule has 4 heteroatoms. The molecule has 3 nitrogen and oxygen atoms in total. The molecule has 0 fully saturated rings. The Labute approximate surface area is 104 Å². The number of H-pyrrole nitrogens is 1. The van der Waals surface area contributed by atoms with Crippen molar-refractivity contribution in [2.24, 2.45) is 0 Å². The minimum atomic E-state index is -0.450. The summed E-state index contributed by atoms with van der Waals surface area (Å²) >= 11 is 0. The number of benzene rings is 1. The van der Waals surface area contributed by atoms with E-state index in [9.17, 15) is 9.18 Å². The fourth-order valence-electron chi connectivity index (χ4n) is 1.92. The smallest absolute Gasteiger partial charge is 0.266 e. The Morgan fingerprint density at radius 2 is 1.94 bits per heavy atom. The van der Waals surface area contributed by atoms with Gasteiger partial charge in [-0.15, -0.1) is 0 Å². The quantitative estimate of drug-likeness (QED) is 0.835. The number of hydrogen-bond acceptors (Lipinski definition) is 2. The molecular formula is C14H11FN2O. The summed E-state index contributed by atoms with van der Waals surface area (Å²) in [5.41, 5.74) is 1.93. The molecule has 0 saturated carbocycles. The monoisotopic (exact) mass is 242 g/mol. The fourth-order valence-corrected chi connectivity index (χ4v) is 1.92. The van der Waals surface area contributed by atoms with Crippen molar-refractivity contribution < 1.29 is 4.39 Å². The van der Waals surface area contributed by atoms with Crippen LogP contribution in [0.1, 0.15) is 16.8 Å². The number of nitrogens with zero attached hydrogens (tertiary/aromatic N) is 1. The van der Waals surface area contributed by atoms with E-state index in [1.165, 1.54) is 12.1 Å². The third-order valence-electron chi connectivity index (χ3n) is 2.63. The van der Waals surface area contributed by atoms with Gasteiger partial charge in [-0.2, -0.15) is 5.26 Å². The highest BCUT2D eigenvalue weighted by molar-refractivity contribution is 5.70. The van der Waals surface area contributed by atoms with Crippen LogP contribution in [-0.4, -0.2) is 4.98 Å². The lowest BCUT2D eigenvalue weighted by atomic mass is 9.99. The van der Waals surface area contributed by atoms with Crippen LogP contribution in [0, 0.1) is 31.0 Å². The molecule has 0 aliphatic heterocycles. The molecule has 1 heterocycles. The Balaban J connectivity index is 2.78. The minimum absolute atomic E-state index is 0.00519. The summed E-state index contributed by atoms with van der Waals surface area (Å²) in [7, 11) is 0. The number of halogens is 1. The van der Waals surface area contributed by atoms with Gasteiger partial charge in [0.2, 0.25) is 0 Å². The van der Waals surface area contributed by atoms with Gasteiger partial charge in [0, 0.05) is 11.3 Å². The van der Waals surface area contributed by atoms with Gasteiger partial charge in [-0.1, -0.05) is 6.07 Å². The topological polar surface area (TPSA) is 56.6 Å². The molecule has 2 aromatic rings. The first-order valence-electron chi connectivity index (χ1n) is 5.43. The van der Waals surface area contributed by atoms with E-state index in [4.69, 9.17) is 5.26 Å². The second-order valence-electron chi connectivity index (χ2n) is 4.20. The number of pyridine rings is 1. The largest absolute Gasteiger partial charge is 0.325 e. The summed E-state index contributed by atoms with van der Waals surface area (Å²) in [6.07, 6.45) is 0. The molecule has 0 aliphatic rings. The maximum Gasteiger partial charge on any atom is 0.266 e. The molecule has 0 unspecified atom stereocenters. The van der Waals surface area contributed by atoms with Gasteiger partial charge in [-0.05, 0) is 43.2 Å². The van der Waals surface area contributed by atoms with Gasteiger partial charge >= 0.3 is 0 Å². The van der Waals surface area contributed by atoms with E-state index < -0.39 is 5.56 Å². The third kappa shape index (κ3) is 2.16. The number of rotatable bonds is 1. The maximum atomic E-state index is 13.4. The zero-order valence-corrected chi connectivity index (χ0v) is 10.0. The van der Waals surface area contributed by atoms with E-state index in [0.29, 0.717) is 16.8 Å². The van der Waals surface area contributed by atoms with Gasteiger partial charge in [-0.25, -0.2) is 4.39 Å². The molecule has 18 heavy (non-hydrogen) atoms. The molecular weight excluding hydrogens is 231 g/mol. The molecule has 1 aromatic heterocycles. The number of hydrogen-bond donors (Lipinski definition) is 1. The van der Waals surface area contributed by atoms with Crippen molar-refractivity contribution in [3.63, 3.8) is 0 Å². The predicted molar refractivity (Wildman–Crippen MR) is 66.6 cm³/mol. The predicted octanol–water partition coefficient (Wildman–Crippen LogP) is 2.67. The van der Waals surface area contributed by atoms with Gasteiger partial charge in [0.25, 0.3) is 5.56 Å². The van der Waals surface area contributed by atoms with Crippen LogP contribution in [0.5, 0.6) is 0 Å². The molecule has 0 radical (unpaired) electrons. The van der Waals surface area contributed by atoms with Crippen LogP contribution in [0.2, 0.25) is 0 Å². The molecule has 0 saturated heterocycles. The SMILES string of the molecule is Cc1cc(F)cc(-c2cc(C)[nH]c(=O)c2C#N)c1. The van der Waals surface area contributed by atoms with Crippen LogP contribution < -0.4 is 5.56 Å². The van der Waals surface area contributed by atoms with Crippen LogP contribution >= 0.6 is 0 Å². The molecule has 0 amide bonds. The molecule has 2 rings (SSSR count). The molecule has 1 N–H and O–H groups in total. The normalized spacial score (nSPS) is 10.1. The van der Waals surface area contributed by atoms with Crippen molar-refractivity contribution in [2.75, 3.05) is 0 Å². The van der Waals surface area contributed by atoms with Crippen molar-refractivity contribution in [1.29, 1.82) is 5.26 Å². The Bertz CT molecular complexity index is 690. The second-order valence-corrected chi connectivity index (χ2v) is 4.20. The Kier molecular flexibility index (Phi) is 2.99. The lowest BCUT2D eigenvalue weighted by Gasteiger charge is -2.06. The van der Waals surface area contributed by atoms with Crippen molar-refractivity contribution in [1.82, 2.24) is 4.98 Å². The number of nitrogens with one attached hydrogen (secondary N) is 1. The van der Waals surface area contributed by atoms with Crippen LogP contribution in [-0.2, 0) is 0 Å². The second kappa shape index (κ2) is 4.46. The first-order valence-corrected chi connectivity index (χ1v) is 5.43. The van der Waals surface area contributed by atoms with Crippen LogP contribution in [0.4, 0.5) is 4.39 Å². The molecule has 0 aliphatic carbocycles. The van der Waals surface area contributed by atoms with Crippen LogP contribution in [0.25, 0.3) is 11.1 Å². The Morgan fingerprint density at radius 3 is 2.56 bits per heavy atom. The Morgan fingerprint density at radius 1 is 1.22 bits per heavy atom. The van der Waals surface area contributed by atoms with Crippen LogP contribution in [0.15, 0.2) is 29.1 Å². The standard InChI is InChI=1S/C14H11FN2O/c1-8-3-10(6-11(15)4-8)12-5-9(2)17-14(18)13(12)7-16/h3-6H,1-2H3,(H,17,18). The highest BCUT2D eigenvalue weighted by atomic mass is 19.1. The highest BCUT2D eigenvalue weighted by Gasteiger charge is 2.11. The average molecular weight is 242 g/mol. The highest BCUT2D eigenvalue weighted by Crippen LogP contribution is 2.24. The van der Waals surface area contributed by atoms with Gasteiger partial charge < -0.3 is 4.98 Å². The number of nitriles is 1. The summed E-state index contributed by atoms with van der Waals surface area (Å²) in [6, 6.07) is 8.01. The first-order chi connectivity index (χ1) is 8.51. The summed E-state index contributed by atoms with van der Waals surface area (Å²) in [6.45, 7) is 3.48. The minimum Gasteiger partial charge on any atom is -0.325 e. The van der Waals surface area contributed by atoms with E-state index in [-0.39, 0.29) is 11.4 Å². The van der Waals surface area contributed by atoms with Crippen molar-refractivity contribution in [2.45, 2.75) is 13.8 Å². The lowest BCUT2D eigenvalue weighted by molar-refractivity contribution is 0.627. The summed E-state index contributed by atoms with van der Waals surface area (Å²) < 4.78 is 13.4. The van der Waals surface area contributed by atoms with Gasteiger partial charge in [0.05, 0.1) is 0 Å². The fraction of sp³-hybridized carbons (Fsp3) is 0.143. The van der Waals surface area contributed by atoms with E-state index in [2.05, 4.69) is 4.98 Å². The van der Waals surface area contributed by atoms with E-state index in [1.54, 1.807) is 26.0 Å². The molecule has 0 atom stereocenters. The number of aryl methyl sites for hydroxylation is 2. The maximum absolute atomic E-state index is 13.4. The number of aromatic amines is 1. The zero-order valence-electron chi connectivity index (χ0n) is 10.0. The van der Waals surface area contributed by atoms with Crippen molar-refractivity contribution >= 4 is 0 Å². The zero-order chi connectivity index (χ0) is 13.3. The molecule has 0 spiro atoms. The van der Waals surface area contributed by atoms with Gasteiger partial charge in [0.1, 0.15) is 17.4 Å². The Hall–Kier alpha value is -2.41. The molecule has 1 aromatic carbocycles. The van der Waals surface area contributed by atoms with Gasteiger partial charge in [-0.3, -0.25) is 4.79 Å².